The fourth-order valence-electron chi connectivity index (χ4n) is 4.50. The summed E-state index contributed by atoms with van der Waals surface area (Å²) >= 11 is 0. The molecule has 0 radical (unpaired) electrons. The molecule has 1 aromatic heterocycles. The van der Waals surface area contributed by atoms with Crippen LogP contribution in [0.2, 0.25) is 0 Å². The number of carbonyl (C=O) groups excluding carboxylic acids is 1. The standard InChI is InChI=1S/C28H27N5O4/c1-19-6-10-26(27(16-19)33(35)36)31-28(34)30-25-11-9-22(23-4-2-3-5-24(23)25)20-7-8-21(29-17-20)18-32-12-14-37-15-13-32/h2-11,16-17H,12-15,18H2,1H3,(H2,30,31,34). The molecule has 1 aliphatic heterocycles. The third-order valence-corrected chi connectivity index (χ3v) is 6.40. The number of pyridine rings is 1. The SMILES string of the molecule is Cc1ccc(NC(=O)Nc2ccc(-c3ccc(CN4CCOCC4)nc3)c3ccccc23)c([N+](=O)[O-])c1. The maximum atomic E-state index is 12.8. The average Bonchev–Trinajstić information content (AvgIpc) is 2.91. The van der Waals surface area contributed by atoms with Crippen LogP contribution in [0.25, 0.3) is 21.9 Å². The molecular weight excluding hydrogens is 470 g/mol. The first-order valence-electron chi connectivity index (χ1n) is 12.1. The number of urea groups is 1. The number of aromatic nitrogens is 1. The number of hydrogen-bond donors (Lipinski definition) is 2. The number of rotatable bonds is 6. The lowest BCUT2D eigenvalue weighted by atomic mass is 9.98. The van der Waals surface area contributed by atoms with Crippen LogP contribution in [0.3, 0.4) is 0 Å². The summed E-state index contributed by atoms with van der Waals surface area (Å²) in [6, 6.07) is 19.8. The van der Waals surface area contributed by atoms with Crippen molar-refractivity contribution in [1.82, 2.24) is 9.88 Å². The van der Waals surface area contributed by atoms with Gasteiger partial charge >= 0.3 is 6.03 Å². The van der Waals surface area contributed by atoms with E-state index in [-0.39, 0.29) is 11.4 Å². The molecule has 0 saturated carbocycles. The van der Waals surface area contributed by atoms with Crippen LogP contribution < -0.4 is 10.6 Å². The van der Waals surface area contributed by atoms with Crippen molar-refractivity contribution in [2.75, 3.05) is 36.9 Å². The Labute approximate surface area is 214 Å². The normalized spacial score (nSPS) is 13.9. The molecule has 1 aliphatic rings. The number of anilines is 2. The third kappa shape index (κ3) is 5.58. The number of nitrogens with zero attached hydrogens (tertiary/aromatic N) is 3. The van der Waals surface area contributed by atoms with Crippen molar-refractivity contribution >= 4 is 33.9 Å². The van der Waals surface area contributed by atoms with Gasteiger partial charge in [-0.05, 0) is 41.6 Å². The lowest BCUT2D eigenvalue weighted by molar-refractivity contribution is -0.384. The minimum atomic E-state index is -0.556. The maximum absolute atomic E-state index is 12.8. The summed E-state index contributed by atoms with van der Waals surface area (Å²) in [5.74, 6) is 0. The van der Waals surface area contributed by atoms with Crippen molar-refractivity contribution in [2.45, 2.75) is 13.5 Å². The van der Waals surface area contributed by atoms with Gasteiger partial charge in [-0.15, -0.1) is 0 Å². The van der Waals surface area contributed by atoms with E-state index in [1.165, 1.54) is 12.1 Å². The quantitative estimate of drug-likeness (QED) is 0.265. The molecule has 0 bridgehead atoms. The number of ether oxygens (including phenoxy) is 1. The fraction of sp³-hybridized carbons (Fsp3) is 0.214. The molecule has 1 fully saturated rings. The van der Waals surface area contributed by atoms with Crippen LogP contribution in [0.15, 0.2) is 72.9 Å². The summed E-state index contributed by atoms with van der Waals surface area (Å²) in [6.45, 7) is 5.88. The zero-order chi connectivity index (χ0) is 25.8. The number of carbonyl (C=O) groups is 1. The number of benzene rings is 3. The Morgan fingerprint density at radius 2 is 1.73 bits per heavy atom. The number of morpholine rings is 1. The van der Waals surface area contributed by atoms with Gasteiger partial charge in [0.15, 0.2) is 0 Å². The van der Waals surface area contributed by atoms with E-state index in [1.54, 1.807) is 13.0 Å². The molecule has 0 unspecified atom stereocenters. The number of nitrogens with one attached hydrogen (secondary N) is 2. The summed E-state index contributed by atoms with van der Waals surface area (Å²) < 4.78 is 5.42. The predicted molar refractivity (Wildman–Crippen MR) is 144 cm³/mol. The molecule has 9 nitrogen and oxygen atoms in total. The molecule has 2 N–H and O–H groups in total. The van der Waals surface area contributed by atoms with Gasteiger partial charge in [0, 0.05) is 42.8 Å². The second-order valence-corrected chi connectivity index (χ2v) is 8.99. The minimum Gasteiger partial charge on any atom is -0.379 e. The molecule has 2 heterocycles. The number of nitro benzene ring substituents is 1. The van der Waals surface area contributed by atoms with Crippen LogP contribution in [0.5, 0.6) is 0 Å². The zero-order valence-corrected chi connectivity index (χ0v) is 20.4. The van der Waals surface area contributed by atoms with Gasteiger partial charge in [0.1, 0.15) is 5.69 Å². The highest BCUT2D eigenvalue weighted by molar-refractivity contribution is 6.10. The van der Waals surface area contributed by atoms with Crippen molar-refractivity contribution in [1.29, 1.82) is 0 Å². The highest BCUT2D eigenvalue weighted by atomic mass is 16.6. The first-order valence-corrected chi connectivity index (χ1v) is 12.1. The molecule has 188 valence electrons. The molecule has 2 amide bonds. The van der Waals surface area contributed by atoms with E-state index in [4.69, 9.17) is 4.74 Å². The largest absolute Gasteiger partial charge is 0.379 e. The highest BCUT2D eigenvalue weighted by Gasteiger charge is 2.17. The van der Waals surface area contributed by atoms with Crippen LogP contribution in [-0.2, 0) is 11.3 Å². The number of aryl methyl sites for hydroxylation is 1. The third-order valence-electron chi connectivity index (χ3n) is 6.40. The molecule has 1 saturated heterocycles. The van der Waals surface area contributed by atoms with Gasteiger partial charge in [-0.1, -0.05) is 42.5 Å². The monoisotopic (exact) mass is 497 g/mol. The molecule has 0 atom stereocenters. The summed E-state index contributed by atoms with van der Waals surface area (Å²) in [4.78, 5) is 30.7. The topological polar surface area (TPSA) is 110 Å². The van der Waals surface area contributed by atoms with Crippen LogP contribution in [0.1, 0.15) is 11.3 Å². The van der Waals surface area contributed by atoms with Gasteiger partial charge in [0.2, 0.25) is 0 Å². The van der Waals surface area contributed by atoms with Crippen LogP contribution in [0, 0.1) is 17.0 Å². The van der Waals surface area contributed by atoms with Crippen LogP contribution in [0.4, 0.5) is 21.9 Å². The average molecular weight is 498 g/mol. The minimum absolute atomic E-state index is 0.136. The van der Waals surface area contributed by atoms with Gasteiger partial charge in [-0.2, -0.15) is 0 Å². The summed E-state index contributed by atoms with van der Waals surface area (Å²) in [6.07, 6.45) is 1.88. The van der Waals surface area contributed by atoms with E-state index >= 15 is 0 Å². The fourth-order valence-corrected chi connectivity index (χ4v) is 4.50. The summed E-state index contributed by atoms with van der Waals surface area (Å²) in [5.41, 5.74) is 4.31. The summed E-state index contributed by atoms with van der Waals surface area (Å²) in [5, 5.41) is 18.7. The second kappa shape index (κ2) is 10.7. The van der Waals surface area contributed by atoms with Crippen molar-refractivity contribution in [3.05, 3.63) is 94.3 Å². The number of hydrogen-bond acceptors (Lipinski definition) is 6. The number of fused-ring (bicyclic) bond motifs is 1. The molecule has 0 spiro atoms. The van der Waals surface area contributed by atoms with Gasteiger partial charge in [0.05, 0.1) is 29.5 Å². The van der Waals surface area contributed by atoms with E-state index in [0.29, 0.717) is 5.69 Å². The van der Waals surface area contributed by atoms with Gasteiger partial charge in [-0.3, -0.25) is 20.0 Å². The number of nitro groups is 1. The first-order chi connectivity index (χ1) is 18.0. The van der Waals surface area contributed by atoms with Gasteiger partial charge in [-0.25, -0.2) is 4.79 Å². The zero-order valence-electron chi connectivity index (χ0n) is 20.4. The van der Waals surface area contributed by atoms with E-state index in [1.807, 2.05) is 48.7 Å². The van der Waals surface area contributed by atoms with Crippen molar-refractivity contribution in [3.8, 4) is 11.1 Å². The Hall–Kier alpha value is -4.34. The molecule has 37 heavy (non-hydrogen) atoms. The molecule has 0 aliphatic carbocycles. The highest BCUT2D eigenvalue weighted by Crippen LogP contribution is 2.33. The molecule has 3 aromatic carbocycles. The predicted octanol–water partition coefficient (Wildman–Crippen LogP) is 5.59. The Bertz CT molecular complexity index is 1450. The Balaban J connectivity index is 1.37. The van der Waals surface area contributed by atoms with Gasteiger partial charge in [0.25, 0.3) is 5.69 Å². The van der Waals surface area contributed by atoms with E-state index < -0.39 is 11.0 Å². The van der Waals surface area contributed by atoms with E-state index in [9.17, 15) is 14.9 Å². The van der Waals surface area contributed by atoms with E-state index in [2.05, 4.69) is 26.6 Å². The van der Waals surface area contributed by atoms with Crippen LogP contribution >= 0.6 is 0 Å². The lowest BCUT2D eigenvalue weighted by Gasteiger charge is -2.26. The summed E-state index contributed by atoms with van der Waals surface area (Å²) in [7, 11) is 0. The van der Waals surface area contributed by atoms with E-state index in [0.717, 1.165) is 66.0 Å². The Morgan fingerprint density at radius 3 is 2.46 bits per heavy atom. The first kappa shape index (κ1) is 24.4. The Kier molecular flexibility index (Phi) is 7.07. The molecule has 5 rings (SSSR count). The van der Waals surface area contributed by atoms with Gasteiger partial charge < -0.3 is 15.4 Å². The Morgan fingerprint density at radius 1 is 1.00 bits per heavy atom. The van der Waals surface area contributed by atoms with Crippen LogP contribution in [-0.4, -0.2) is 47.1 Å². The lowest BCUT2D eigenvalue weighted by Crippen LogP contribution is -2.35. The smallest absolute Gasteiger partial charge is 0.323 e. The van der Waals surface area contributed by atoms with Crippen molar-refractivity contribution in [2.24, 2.45) is 0 Å². The van der Waals surface area contributed by atoms with Crippen molar-refractivity contribution < 1.29 is 14.5 Å². The molecule has 4 aromatic rings. The maximum Gasteiger partial charge on any atom is 0.323 e. The number of amides is 2. The second-order valence-electron chi connectivity index (χ2n) is 8.99. The molecule has 9 heteroatoms. The molecular formula is C28H27N5O4. The van der Waals surface area contributed by atoms with Crippen molar-refractivity contribution in [3.63, 3.8) is 0 Å².